The fourth-order valence-electron chi connectivity index (χ4n) is 2.51. The summed E-state index contributed by atoms with van der Waals surface area (Å²) < 4.78 is 5.65. The highest BCUT2D eigenvalue weighted by Gasteiger charge is 2.25. The molecule has 114 valence electrons. The van der Waals surface area contributed by atoms with E-state index < -0.39 is 0 Å². The number of hydrogen-bond acceptors (Lipinski definition) is 3. The molecular weight excluding hydrogens is 290 g/mol. The Morgan fingerprint density at radius 2 is 1.80 bits per heavy atom. The maximum absolute atomic E-state index is 6.52. The molecule has 2 nitrogen and oxygen atoms in total. The molecular formula is C16H26ClNOS. The van der Waals surface area contributed by atoms with E-state index in [-0.39, 0.29) is 23.2 Å². The number of ether oxygens (including phenoxy) is 1. The number of benzene rings is 1. The van der Waals surface area contributed by atoms with Crippen LogP contribution >= 0.6 is 24.2 Å². The molecule has 0 bridgehead atoms. The molecule has 1 fully saturated rings. The van der Waals surface area contributed by atoms with Crippen molar-refractivity contribution in [3.8, 4) is 0 Å². The van der Waals surface area contributed by atoms with Crippen molar-refractivity contribution in [2.75, 3.05) is 13.2 Å². The molecule has 1 aliphatic heterocycles. The molecule has 0 amide bonds. The third-order valence-electron chi connectivity index (χ3n) is 3.47. The molecule has 2 rings (SSSR count). The van der Waals surface area contributed by atoms with Crippen LogP contribution in [-0.2, 0) is 4.74 Å². The summed E-state index contributed by atoms with van der Waals surface area (Å²) in [5.41, 5.74) is 7.82. The van der Waals surface area contributed by atoms with Gasteiger partial charge >= 0.3 is 0 Å². The van der Waals surface area contributed by atoms with E-state index in [1.807, 2.05) is 11.8 Å². The van der Waals surface area contributed by atoms with Crippen LogP contribution in [0.1, 0.15) is 45.2 Å². The van der Waals surface area contributed by atoms with Crippen molar-refractivity contribution in [1.82, 2.24) is 0 Å². The number of rotatable bonds is 3. The lowest BCUT2D eigenvalue weighted by atomic mass is 9.88. The Kier molecular flexibility index (Phi) is 6.86. The summed E-state index contributed by atoms with van der Waals surface area (Å²) in [5.74, 6) is 0.551. The molecule has 2 N–H and O–H groups in total. The van der Waals surface area contributed by atoms with Crippen molar-refractivity contribution >= 4 is 24.2 Å². The van der Waals surface area contributed by atoms with Crippen LogP contribution in [-0.4, -0.2) is 18.0 Å². The average molecular weight is 316 g/mol. The second-order valence-corrected chi connectivity index (χ2v) is 8.10. The van der Waals surface area contributed by atoms with Gasteiger partial charge in [-0.3, -0.25) is 0 Å². The van der Waals surface area contributed by atoms with E-state index in [9.17, 15) is 0 Å². The van der Waals surface area contributed by atoms with Crippen molar-refractivity contribution in [2.45, 2.75) is 49.3 Å². The van der Waals surface area contributed by atoms with E-state index >= 15 is 0 Å². The van der Waals surface area contributed by atoms with E-state index in [1.54, 1.807) is 0 Å². The largest absolute Gasteiger partial charge is 0.381 e. The van der Waals surface area contributed by atoms with Crippen LogP contribution in [0.3, 0.4) is 0 Å². The van der Waals surface area contributed by atoms with Gasteiger partial charge in [0.1, 0.15) is 0 Å². The van der Waals surface area contributed by atoms with Crippen LogP contribution in [0.4, 0.5) is 0 Å². The first-order chi connectivity index (χ1) is 8.97. The lowest BCUT2D eigenvalue weighted by molar-refractivity contribution is 0.0581. The minimum absolute atomic E-state index is 0. The average Bonchev–Trinajstić information content (AvgIpc) is 2.38. The molecule has 1 saturated heterocycles. The first-order valence-electron chi connectivity index (χ1n) is 7.08. The topological polar surface area (TPSA) is 35.2 Å². The van der Waals surface area contributed by atoms with Crippen LogP contribution in [0, 0.1) is 5.92 Å². The molecule has 20 heavy (non-hydrogen) atoms. The first-order valence-corrected chi connectivity index (χ1v) is 7.90. The van der Waals surface area contributed by atoms with Crippen molar-refractivity contribution < 1.29 is 4.74 Å². The minimum atomic E-state index is 0. The van der Waals surface area contributed by atoms with E-state index in [1.165, 1.54) is 10.5 Å². The third kappa shape index (κ3) is 4.96. The van der Waals surface area contributed by atoms with E-state index in [0.717, 1.165) is 26.1 Å². The van der Waals surface area contributed by atoms with Crippen molar-refractivity contribution in [3.63, 3.8) is 0 Å². The smallest absolute Gasteiger partial charge is 0.0469 e. The monoisotopic (exact) mass is 315 g/mol. The summed E-state index contributed by atoms with van der Waals surface area (Å²) in [7, 11) is 0. The Morgan fingerprint density at radius 3 is 2.40 bits per heavy atom. The van der Waals surface area contributed by atoms with Crippen LogP contribution in [0.25, 0.3) is 0 Å². The molecule has 0 spiro atoms. The second kappa shape index (κ2) is 7.69. The Morgan fingerprint density at radius 1 is 1.20 bits per heavy atom. The predicted molar refractivity (Wildman–Crippen MR) is 89.8 cm³/mol. The number of thioether (sulfide) groups is 1. The molecule has 1 aromatic rings. The van der Waals surface area contributed by atoms with Gasteiger partial charge in [0.15, 0.2) is 0 Å². The Balaban J connectivity index is 0.00000200. The standard InChI is InChI=1S/C16H25NOS.ClH/c1-16(2,3)19-14-7-5-4-6-13(14)15(17)12-8-10-18-11-9-12;/h4-7,12,15H,8-11,17H2,1-3H3;1H/t15-;/m1./s1. The normalized spacial score (nSPS) is 18.4. The van der Waals surface area contributed by atoms with Gasteiger partial charge in [0.25, 0.3) is 0 Å². The number of nitrogens with two attached hydrogens (primary N) is 1. The second-order valence-electron chi connectivity index (χ2n) is 6.23. The van der Waals surface area contributed by atoms with Crippen molar-refractivity contribution in [1.29, 1.82) is 0 Å². The summed E-state index contributed by atoms with van der Waals surface area (Å²) in [6.45, 7) is 8.44. The zero-order valence-electron chi connectivity index (χ0n) is 12.6. The molecule has 1 atom stereocenters. The van der Waals surface area contributed by atoms with Gasteiger partial charge in [0.05, 0.1) is 0 Å². The molecule has 1 aromatic carbocycles. The minimum Gasteiger partial charge on any atom is -0.381 e. The molecule has 4 heteroatoms. The zero-order valence-corrected chi connectivity index (χ0v) is 14.2. The predicted octanol–water partition coefficient (Wildman–Crippen LogP) is 4.43. The van der Waals surface area contributed by atoms with Gasteiger partial charge in [-0.15, -0.1) is 24.2 Å². The first kappa shape index (κ1) is 17.8. The quantitative estimate of drug-likeness (QED) is 0.838. The van der Waals surface area contributed by atoms with E-state index in [4.69, 9.17) is 10.5 Å². The lowest BCUT2D eigenvalue weighted by Crippen LogP contribution is -2.28. The van der Waals surface area contributed by atoms with Gasteiger partial charge in [-0.1, -0.05) is 39.0 Å². The molecule has 0 unspecified atom stereocenters. The Hall–Kier alpha value is -0.220. The fraction of sp³-hybridized carbons (Fsp3) is 0.625. The van der Waals surface area contributed by atoms with Crippen LogP contribution in [0.2, 0.25) is 0 Å². The van der Waals surface area contributed by atoms with Gasteiger partial charge in [-0.25, -0.2) is 0 Å². The summed E-state index contributed by atoms with van der Waals surface area (Å²) in [5, 5.41) is 0. The van der Waals surface area contributed by atoms with Crippen LogP contribution in [0.5, 0.6) is 0 Å². The van der Waals surface area contributed by atoms with Crippen molar-refractivity contribution in [2.24, 2.45) is 11.7 Å². The third-order valence-corrected chi connectivity index (χ3v) is 4.67. The Labute approximate surface area is 133 Å². The molecule has 0 radical (unpaired) electrons. The van der Waals surface area contributed by atoms with Gasteiger partial charge in [0, 0.05) is 28.9 Å². The summed E-state index contributed by atoms with van der Waals surface area (Å²) in [4.78, 5) is 1.33. The summed E-state index contributed by atoms with van der Waals surface area (Å²) in [6.07, 6.45) is 2.16. The van der Waals surface area contributed by atoms with Gasteiger partial charge in [-0.2, -0.15) is 0 Å². The molecule has 1 heterocycles. The number of hydrogen-bond donors (Lipinski definition) is 1. The highest BCUT2D eigenvalue weighted by Crippen LogP contribution is 2.38. The van der Waals surface area contributed by atoms with Gasteiger partial charge in [-0.05, 0) is 30.4 Å². The highest BCUT2D eigenvalue weighted by molar-refractivity contribution is 8.00. The Bertz CT molecular complexity index is 413. The SMILES string of the molecule is CC(C)(C)Sc1ccccc1[C@H](N)C1CCOCC1.Cl. The molecule has 0 aromatic heterocycles. The summed E-state index contributed by atoms with van der Waals surface area (Å²) >= 11 is 1.91. The van der Waals surface area contributed by atoms with Crippen LogP contribution in [0.15, 0.2) is 29.2 Å². The number of halogens is 1. The maximum atomic E-state index is 6.52. The van der Waals surface area contributed by atoms with E-state index in [2.05, 4.69) is 45.0 Å². The molecule has 0 aliphatic carbocycles. The molecule has 0 saturated carbocycles. The lowest BCUT2D eigenvalue weighted by Gasteiger charge is -2.30. The maximum Gasteiger partial charge on any atom is 0.0469 e. The fourth-order valence-corrected chi connectivity index (χ4v) is 3.64. The summed E-state index contributed by atoms with van der Waals surface area (Å²) in [6, 6.07) is 8.73. The van der Waals surface area contributed by atoms with Crippen molar-refractivity contribution in [3.05, 3.63) is 29.8 Å². The van der Waals surface area contributed by atoms with Crippen LogP contribution < -0.4 is 5.73 Å². The zero-order chi connectivity index (χ0) is 13.9. The molecule has 1 aliphatic rings. The van der Waals surface area contributed by atoms with E-state index in [0.29, 0.717) is 5.92 Å². The van der Waals surface area contributed by atoms with Gasteiger partial charge < -0.3 is 10.5 Å². The van der Waals surface area contributed by atoms with Gasteiger partial charge in [0.2, 0.25) is 0 Å². The highest BCUT2D eigenvalue weighted by atomic mass is 35.5.